The summed E-state index contributed by atoms with van der Waals surface area (Å²) in [6.07, 6.45) is 0.728. The number of nitrogens with zero attached hydrogens (tertiary/aromatic N) is 1. The molecule has 2 aromatic rings. The van der Waals surface area contributed by atoms with E-state index >= 15 is 0 Å². The summed E-state index contributed by atoms with van der Waals surface area (Å²) >= 11 is 5.57. The van der Waals surface area contributed by atoms with Gasteiger partial charge >= 0.3 is 0 Å². The third-order valence-electron chi connectivity index (χ3n) is 2.28. The molecular weight excluding hydrogens is 218 g/mol. The number of aryl methyl sites for hydroxylation is 1. The van der Waals surface area contributed by atoms with Crippen molar-refractivity contribution in [2.45, 2.75) is 13.3 Å². The SMILES string of the molecule is Cc1ccc2cc(C#CCCCl)ccc2n1. The molecule has 0 aliphatic rings. The van der Waals surface area contributed by atoms with Gasteiger partial charge in [-0.05, 0) is 31.2 Å². The molecule has 0 aliphatic heterocycles. The highest BCUT2D eigenvalue weighted by Crippen LogP contribution is 2.14. The van der Waals surface area contributed by atoms with Crippen LogP contribution in [0.2, 0.25) is 0 Å². The van der Waals surface area contributed by atoms with Crippen molar-refractivity contribution >= 4 is 22.5 Å². The molecular formula is C14H12ClN. The van der Waals surface area contributed by atoms with Crippen molar-refractivity contribution < 1.29 is 0 Å². The molecule has 16 heavy (non-hydrogen) atoms. The summed E-state index contributed by atoms with van der Waals surface area (Å²) in [5, 5.41) is 1.13. The van der Waals surface area contributed by atoms with Crippen LogP contribution in [0, 0.1) is 18.8 Å². The summed E-state index contributed by atoms with van der Waals surface area (Å²) < 4.78 is 0. The molecule has 0 spiro atoms. The normalized spacial score (nSPS) is 9.88. The fourth-order valence-electron chi connectivity index (χ4n) is 1.52. The van der Waals surface area contributed by atoms with Crippen LogP contribution in [-0.4, -0.2) is 10.9 Å². The summed E-state index contributed by atoms with van der Waals surface area (Å²) in [5.74, 6) is 6.70. The number of alkyl halides is 1. The van der Waals surface area contributed by atoms with E-state index in [1.165, 1.54) is 0 Å². The van der Waals surface area contributed by atoms with Crippen LogP contribution in [0.5, 0.6) is 0 Å². The predicted molar refractivity (Wildman–Crippen MR) is 68.7 cm³/mol. The lowest BCUT2D eigenvalue weighted by molar-refractivity contribution is 1.25. The number of hydrogen-bond acceptors (Lipinski definition) is 1. The molecule has 1 aromatic carbocycles. The average Bonchev–Trinajstić information content (AvgIpc) is 2.29. The molecule has 0 saturated heterocycles. The van der Waals surface area contributed by atoms with Gasteiger partial charge in [-0.25, -0.2) is 0 Å². The molecule has 80 valence electrons. The lowest BCUT2D eigenvalue weighted by Crippen LogP contribution is -1.83. The molecule has 0 N–H and O–H groups in total. The summed E-state index contributed by atoms with van der Waals surface area (Å²) in [6.45, 7) is 1.99. The largest absolute Gasteiger partial charge is 0.253 e. The van der Waals surface area contributed by atoms with Gasteiger partial charge in [-0.2, -0.15) is 0 Å². The van der Waals surface area contributed by atoms with Crippen LogP contribution < -0.4 is 0 Å². The molecule has 1 aromatic heterocycles. The van der Waals surface area contributed by atoms with E-state index in [1.807, 2.05) is 25.1 Å². The summed E-state index contributed by atoms with van der Waals surface area (Å²) in [7, 11) is 0. The predicted octanol–water partition coefficient (Wildman–Crippen LogP) is 3.52. The molecule has 0 fully saturated rings. The van der Waals surface area contributed by atoms with Crippen molar-refractivity contribution in [2.24, 2.45) is 0 Å². The fraction of sp³-hybridized carbons (Fsp3) is 0.214. The first-order valence-corrected chi connectivity index (χ1v) is 5.75. The summed E-state index contributed by atoms with van der Waals surface area (Å²) in [4.78, 5) is 4.44. The van der Waals surface area contributed by atoms with Crippen molar-refractivity contribution in [3.05, 3.63) is 41.6 Å². The van der Waals surface area contributed by atoms with Gasteiger partial charge in [0, 0.05) is 28.9 Å². The summed E-state index contributed by atoms with van der Waals surface area (Å²) in [5.41, 5.74) is 3.07. The van der Waals surface area contributed by atoms with Crippen LogP contribution in [0.15, 0.2) is 30.3 Å². The second-order valence-electron chi connectivity index (χ2n) is 3.60. The van der Waals surface area contributed by atoms with Gasteiger partial charge in [0.25, 0.3) is 0 Å². The standard InChI is InChI=1S/C14H12ClN/c1-11-5-7-13-10-12(4-2-3-9-15)6-8-14(13)16-11/h5-8,10H,3,9H2,1H3. The molecule has 1 heterocycles. The van der Waals surface area contributed by atoms with Crippen LogP contribution in [0.1, 0.15) is 17.7 Å². The molecule has 0 aliphatic carbocycles. The van der Waals surface area contributed by atoms with Crippen molar-refractivity contribution in [2.75, 3.05) is 5.88 Å². The quantitative estimate of drug-likeness (QED) is 0.539. The zero-order chi connectivity index (χ0) is 11.4. The average molecular weight is 230 g/mol. The smallest absolute Gasteiger partial charge is 0.0706 e. The first-order chi connectivity index (χ1) is 7.79. The Morgan fingerprint density at radius 1 is 1.25 bits per heavy atom. The number of rotatable bonds is 1. The van der Waals surface area contributed by atoms with Gasteiger partial charge in [0.2, 0.25) is 0 Å². The lowest BCUT2D eigenvalue weighted by Gasteiger charge is -1.99. The maximum atomic E-state index is 5.57. The highest BCUT2D eigenvalue weighted by atomic mass is 35.5. The fourth-order valence-corrected chi connectivity index (χ4v) is 1.61. The number of aromatic nitrogens is 1. The third-order valence-corrected chi connectivity index (χ3v) is 2.47. The minimum absolute atomic E-state index is 0.585. The minimum Gasteiger partial charge on any atom is -0.253 e. The summed E-state index contributed by atoms with van der Waals surface area (Å²) in [6, 6.07) is 10.1. The molecule has 2 rings (SSSR count). The van der Waals surface area contributed by atoms with Gasteiger partial charge in [-0.15, -0.1) is 11.6 Å². The first-order valence-electron chi connectivity index (χ1n) is 5.22. The molecule has 1 nitrogen and oxygen atoms in total. The number of benzene rings is 1. The van der Waals surface area contributed by atoms with Crippen molar-refractivity contribution in [1.29, 1.82) is 0 Å². The van der Waals surface area contributed by atoms with Crippen LogP contribution >= 0.6 is 11.6 Å². The molecule has 0 bridgehead atoms. The Bertz CT molecular complexity index is 564. The van der Waals surface area contributed by atoms with E-state index in [4.69, 9.17) is 11.6 Å². The van der Waals surface area contributed by atoms with E-state index < -0.39 is 0 Å². The van der Waals surface area contributed by atoms with E-state index in [9.17, 15) is 0 Å². The zero-order valence-corrected chi connectivity index (χ0v) is 9.88. The molecule has 0 unspecified atom stereocenters. The highest BCUT2D eigenvalue weighted by molar-refractivity contribution is 6.18. The van der Waals surface area contributed by atoms with E-state index in [-0.39, 0.29) is 0 Å². The molecule has 0 atom stereocenters. The Balaban J connectivity index is 2.38. The number of pyridine rings is 1. The van der Waals surface area contributed by atoms with Crippen LogP contribution in [0.25, 0.3) is 10.9 Å². The Labute approximate surface area is 100 Å². The highest BCUT2D eigenvalue weighted by Gasteiger charge is 1.95. The Hall–Kier alpha value is -1.52. The van der Waals surface area contributed by atoms with E-state index in [0.717, 1.165) is 28.6 Å². The maximum absolute atomic E-state index is 5.57. The lowest BCUT2D eigenvalue weighted by atomic mass is 10.1. The first kappa shape index (κ1) is 11.0. The van der Waals surface area contributed by atoms with Gasteiger partial charge in [0.05, 0.1) is 5.52 Å². The minimum atomic E-state index is 0.585. The van der Waals surface area contributed by atoms with Crippen LogP contribution in [0.4, 0.5) is 0 Å². The molecule has 0 amide bonds. The number of hydrogen-bond donors (Lipinski definition) is 0. The van der Waals surface area contributed by atoms with Crippen LogP contribution in [-0.2, 0) is 0 Å². The molecule has 0 radical (unpaired) electrons. The molecule has 0 saturated carbocycles. The van der Waals surface area contributed by atoms with Gasteiger partial charge in [0.15, 0.2) is 0 Å². The maximum Gasteiger partial charge on any atom is 0.0706 e. The zero-order valence-electron chi connectivity index (χ0n) is 9.13. The van der Waals surface area contributed by atoms with E-state index in [0.29, 0.717) is 5.88 Å². The topological polar surface area (TPSA) is 12.9 Å². The second-order valence-corrected chi connectivity index (χ2v) is 3.98. The van der Waals surface area contributed by atoms with Crippen LogP contribution in [0.3, 0.4) is 0 Å². The Morgan fingerprint density at radius 3 is 2.94 bits per heavy atom. The van der Waals surface area contributed by atoms with Crippen molar-refractivity contribution in [1.82, 2.24) is 4.98 Å². The number of fused-ring (bicyclic) bond motifs is 1. The third kappa shape index (κ3) is 2.53. The van der Waals surface area contributed by atoms with Gasteiger partial charge in [-0.3, -0.25) is 4.98 Å². The molecule has 2 heteroatoms. The van der Waals surface area contributed by atoms with E-state index in [2.05, 4.69) is 29.0 Å². The van der Waals surface area contributed by atoms with Gasteiger partial charge in [0.1, 0.15) is 0 Å². The van der Waals surface area contributed by atoms with Gasteiger partial charge in [-0.1, -0.05) is 17.9 Å². The van der Waals surface area contributed by atoms with Crippen molar-refractivity contribution in [3.8, 4) is 11.8 Å². The monoisotopic (exact) mass is 229 g/mol. The Morgan fingerprint density at radius 2 is 2.12 bits per heavy atom. The van der Waals surface area contributed by atoms with Gasteiger partial charge < -0.3 is 0 Å². The number of halogens is 1. The van der Waals surface area contributed by atoms with E-state index in [1.54, 1.807) is 0 Å². The van der Waals surface area contributed by atoms with Crippen molar-refractivity contribution in [3.63, 3.8) is 0 Å². The Kier molecular flexibility index (Phi) is 3.44. The second kappa shape index (κ2) is 5.01.